The van der Waals surface area contributed by atoms with Crippen LogP contribution in [0.5, 0.6) is 0 Å². The number of hydrogen-bond acceptors (Lipinski definition) is 5. The molecule has 0 aromatic heterocycles. The molecule has 0 bridgehead atoms. The number of hydrogen-bond donors (Lipinski definition) is 2. The van der Waals surface area contributed by atoms with Crippen LogP contribution in [-0.4, -0.2) is 72.1 Å². The molecule has 4 aliphatic rings. The number of amides is 2. The van der Waals surface area contributed by atoms with Crippen molar-refractivity contribution in [1.82, 2.24) is 15.3 Å². The third-order valence-corrected chi connectivity index (χ3v) is 7.30. The van der Waals surface area contributed by atoms with Crippen LogP contribution in [0.25, 0.3) is 0 Å². The fourth-order valence-corrected chi connectivity index (χ4v) is 5.75. The Balaban J connectivity index is 1.34. The third kappa shape index (κ3) is 2.79. The molecule has 1 aromatic rings. The Hall–Kier alpha value is -2.12. The highest BCUT2D eigenvalue weighted by Crippen LogP contribution is 2.54. The Morgan fingerprint density at radius 1 is 1.21 bits per heavy atom. The molecule has 3 aliphatic heterocycles. The van der Waals surface area contributed by atoms with Crippen molar-refractivity contribution in [2.24, 2.45) is 11.3 Å². The Labute approximate surface area is 165 Å². The van der Waals surface area contributed by atoms with E-state index in [-0.39, 0.29) is 11.3 Å². The van der Waals surface area contributed by atoms with Crippen LogP contribution in [0.15, 0.2) is 24.3 Å². The van der Waals surface area contributed by atoms with Gasteiger partial charge in [-0.15, -0.1) is 0 Å². The summed E-state index contributed by atoms with van der Waals surface area (Å²) in [4.78, 5) is 32.3. The number of carbonyl (C=O) groups excluding carboxylic acids is 2. The number of fused-ring (bicyclic) bond motifs is 3. The molecule has 0 radical (unpaired) electrons. The summed E-state index contributed by atoms with van der Waals surface area (Å²) in [6.07, 6.45) is 3.86. The van der Waals surface area contributed by atoms with Crippen molar-refractivity contribution < 1.29 is 14.8 Å². The van der Waals surface area contributed by atoms with Crippen molar-refractivity contribution in [1.29, 1.82) is 0 Å². The Kier molecular flexibility index (Phi) is 4.14. The van der Waals surface area contributed by atoms with Gasteiger partial charge in [0.25, 0.3) is 0 Å². The predicted octanol–water partition coefficient (Wildman–Crippen LogP) is 0.866. The van der Waals surface area contributed by atoms with Crippen LogP contribution < -0.4 is 10.4 Å². The van der Waals surface area contributed by atoms with E-state index in [0.29, 0.717) is 25.6 Å². The van der Waals surface area contributed by atoms with Crippen molar-refractivity contribution in [3.63, 3.8) is 0 Å². The van der Waals surface area contributed by atoms with Gasteiger partial charge in [-0.05, 0) is 49.8 Å². The maximum Gasteiger partial charge on any atom is 0.248 e. The van der Waals surface area contributed by atoms with E-state index in [9.17, 15) is 14.8 Å². The van der Waals surface area contributed by atoms with Gasteiger partial charge in [-0.2, -0.15) is 0 Å². The van der Waals surface area contributed by atoms with E-state index in [1.807, 2.05) is 17.4 Å². The summed E-state index contributed by atoms with van der Waals surface area (Å²) in [7, 11) is 1.95. The molecule has 3 atom stereocenters. The number of likely N-dealkylation sites (N-methyl/N-ethyl adjacent to an activating group) is 1. The molecule has 7 nitrogen and oxygen atoms in total. The Morgan fingerprint density at radius 3 is 2.75 bits per heavy atom. The summed E-state index contributed by atoms with van der Waals surface area (Å²) in [5.41, 5.74) is 4.62. The summed E-state index contributed by atoms with van der Waals surface area (Å²) in [6.45, 7) is 3.04. The average Bonchev–Trinajstić information content (AvgIpc) is 3.33. The molecule has 1 spiro atoms. The van der Waals surface area contributed by atoms with Gasteiger partial charge in [-0.3, -0.25) is 19.7 Å². The highest BCUT2D eigenvalue weighted by Gasteiger charge is 2.55. The smallest absolute Gasteiger partial charge is 0.248 e. The van der Waals surface area contributed by atoms with Crippen LogP contribution in [0, 0.1) is 11.3 Å². The first-order chi connectivity index (χ1) is 13.5. The number of carbonyl (C=O) groups is 2. The number of piperidine rings is 1. The normalized spacial score (nSPS) is 30.7. The number of nitrogens with zero attached hydrogens (tertiary/aromatic N) is 3. The van der Waals surface area contributed by atoms with E-state index in [2.05, 4.69) is 34.1 Å². The van der Waals surface area contributed by atoms with E-state index in [4.69, 9.17) is 0 Å². The van der Waals surface area contributed by atoms with Gasteiger partial charge in [-0.1, -0.05) is 18.2 Å². The first-order valence-electron chi connectivity index (χ1n) is 10.3. The Morgan fingerprint density at radius 2 is 2.00 bits per heavy atom. The maximum atomic E-state index is 13.5. The van der Waals surface area contributed by atoms with Crippen molar-refractivity contribution in [2.45, 2.75) is 37.8 Å². The summed E-state index contributed by atoms with van der Waals surface area (Å²) >= 11 is 0. The Bertz CT molecular complexity index is 809. The molecule has 7 heteroatoms. The lowest BCUT2D eigenvalue weighted by Gasteiger charge is -2.46. The number of likely N-dealkylation sites (tertiary alicyclic amines) is 1. The first-order valence-corrected chi connectivity index (χ1v) is 10.3. The second-order valence-corrected chi connectivity index (χ2v) is 9.11. The molecule has 28 heavy (non-hydrogen) atoms. The number of piperazine rings is 1. The molecule has 2 unspecified atom stereocenters. The molecule has 150 valence electrons. The van der Waals surface area contributed by atoms with Crippen LogP contribution in [-0.2, 0) is 16.0 Å². The molecule has 1 saturated carbocycles. The number of para-hydroxylation sites is 1. The average molecular weight is 384 g/mol. The van der Waals surface area contributed by atoms with E-state index in [0.717, 1.165) is 32.4 Å². The van der Waals surface area contributed by atoms with Crippen LogP contribution in [0.4, 0.5) is 5.69 Å². The quantitative estimate of drug-likeness (QED) is 0.585. The van der Waals surface area contributed by atoms with E-state index in [1.165, 1.54) is 11.3 Å². The highest BCUT2D eigenvalue weighted by atomic mass is 16.5. The minimum absolute atomic E-state index is 0.0298. The number of hydroxylamine groups is 1. The van der Waals surface area contributed by atoms with Gasteiger partial charge in [0.2, 0.25) is 11.8 Å². The fraction of sp³-hybridized carbons (Fsp3) is 0.619. The van der Waals surface area contributed by atoms with Crippen LogP contribution in [0.2, 0.25) is 0 Å². The molecule has 2 saturated heterocycles. The van der Waals surface area contributed by atoms with Gasteiger partial charge in [0.05, 0.1) is 12.0 Å². The van der Waals surface area contributed by atoms with Crippen molar-refractivity contribution >= 4 is 17.5 Å². The summed E-state index contributed by atoms with van der Waals surface area (Å²) in [5.74, 6) is -0.886. The van der Waals surface area contributed by atoms with Crippen LogP contribution in [0.3, 0.4) is 0 Å². The minimum atomic E-state index is -0.492. The number of rotatable bonds is 2. The number of benzene rings is 1. The third-order valence-electron chi connectivity index (χ3n) is 7.30. The molecule has 5 rings (SSSR count). The van der Waals surface area contributed by atoms with Crippen molar-refractivity contribution in [3.8, 4) is 0 Å². The molecule has 2 N–H and O–H groups in total. The zero-order valence-electron chi connectivity index (χ0n) is 16.3. The van der Waals surface area contributed by atoms with Crippen molar-refractivity contribution in [3.05, 3.63) is 29.8 Å². The lowest BCUT2D eigenvalue weighted by molar-refractivity contribution is -0.151. The zero-order valence-corrected chi connectivity index (χ0v) is 16.3. The molecule has 2 amide bonds. The topological polar surface area (TPSA) is 76.1 Å². The maximum absolute atomic E-state index is 13.5. The van der Waals surface area contributed by atoms with Crippen molar-refractivity contribution in [2.75, 3.05) is 38.1 Å². The number of nitrogens with one attached hydrogen (secondary N) is 1. The van der Waals surface area contributed by atoms with Gasteiger partial charge >= 0.3 is 0 Å². The van der Waals surface area contributed by atoms with Crippen LogP contribution in [0.1, 0.15) is 24.8 Å². The molecule has 3 fully saturated rings. The second-order valence-electron chi connectivity index (χ2n) is 9.11. The van der Waals surface area contributed by atoms with Gasteiger partial charge in [0.15, 0.2) is 0 Å². The number of anilines is 1. The molecule has 1 aliphatic carbocycles. The lowest BCUT2D eigenvalue weighted by atomic mass is 9.80. The standard InChI is InChI=1S/C21H28N4O3/c1-23-13-21(6-7-21)11-16(19(26)22-28)18(23)20(27)24-8-9-25-15(12-24)10-14-4-2-3-5-17(14)25/h2-5,15-16,18,28H,6-13H2,1H3,(H,22,26)/t15-,16?,18?/m1/s1. The largest absolute Gasteiger partial charge is 0.364 e. The van der Waals surface area contributed by atoms with Gasteiger partial charge in [-0.25, -0.2) is 5.48 Å². The summed E-state index contributed by atoms with van der Waals surface area (Å²) in [6, 6.07) is 8.30. The monoisotopic (exact) mass is 384 g/mol. The van der Waals surface area contributed by atoms with Gasteiger partial charge in [0, 0.05) is 31.9 Å². The highest BCUT2D eigenvalue weighted by molar-refractivity contribution is 5.90. The predicted molar refractivity (Wildman–Crippen MR) is 104 cm³/mol. The van der Waals surface area contributed by atoms with Gasteiger partial charge in [0.1, 0.15) is 6.04 Å². The minimum Gasteiger partial charge on any atom is -0.364 e. The molecule has 3 heterocycles. The fourth-order valence-electron chi connectivity index (χ4n) is 5.75. The SMILES string of the molecule is CN1CC2(CC2)CC(C(=O)NO)C1C(=O)N1CCN2c3ccccc3C[C@@H]2C1. The molecular formula is C21H28N4O3. The summed E-state index contributed by atoms with van der Waals surface area (Å²) < 4.78 is 0. The zero-order chi connectivity index (χ0) is 19.5. The molecular weight excluding hydrogens is 356 g/mol. The second kappa shape index (κ2) is 6.46. The molecule has 1 aromatic carbocycles. The van der Waals surface area contributed by atoms with E-state index >= 15 is 0 Å². The van der Waals surface area contributed by atoms with E-state index < -0.39 is 17.9 Å². The first kappa shape index (κ1) is 17.9. The van der Waals surface area contributed by atoms with Crippen LogP contribution >= 0.6 is 0 Å². The summed E-state index contributed by atoms with van der Waals surface area (Å²) in [5, 5.41) is 9.25. The van der Waals surface area contributed by atoms with Gasteiger partial charge < -0.3 is 9.80 Å². The lowest BCUT2D eigenvalue weighted by Crippen LogP contribution is -2.62. The van der Waals surface area contributed by atoms with E-state index in [1.54, 1.807) is 0 Å².